The van der Waals surface area contributed by atoms with Crippen LogP contribution in [-0.2, 0) is 16.1 Å². The van der Waals surface area contributed by atoms with Gasteiger partial charge in [-0.2, -0.15) is 0 Å². The fourth-order valence-corrected chi connectivity index (χ4v) is 2.96. The fraction of sp³-hybridized carbons (Fsp3) is 0.278. The molecule has 0 radical (unpaired) electrons. The molecule has 3 N–H and O–H groups in total. The molecule has 1 unspecified atom stereocenters. The zero-order chi connectivity index (χ0) is 16.4. The lowest BCUT2D eigenvalue weighted by Crippen LogP contribution is -2.39. The predicted molar refractivity (Wildman–Crippen MR) is 101 cm³/mol. The standard InChI is InChI=1S/C18H21N3O2.ClH/c1-3-21-16-7-5-4-6-13(16)14-10-12(8-9-17(14)21)20-18(22)15(19)11-23-2;/h4-10,15H,3,11,19H2,1-2H3,(H,20,22);1H. The second-order valence-electron chi connectivity index (χ2n) is 5.54. The highest BCUT2D eigenvalue weighted by molar-refractivity contribution is 6.10. The Morgan fingerprint density at radius 3 is 2.62 bits per heavy atom. The van der Waals surface area contributed by atoms with Gasteiger partial charge in [0.15, 0.2) is 0 Å². The average Bonchev–Trinajstić information content (AvgIpc) is 2.88. The maximum atomic E-state index is 12.0. The second kappa shape index (κ2) is 7.66. The van der Waals surface area contributed by atoms with Crippen LogP contribution in [0.25, 0.3) is 21.8 Å². The largest absolute Gasteiger partial charge is 0.383 e. The van der Waals surface area contributed by atoms with Crippen LogP contribution in [-0.4, -0.2) is 30.2 Å². The van der Waals surface area contributed by atoms with Gasteiger partial charge in [0.1, 0.15) is 6.04 Å². The fourth-order valence-electron chi connectivity index (χ4n) is 2.96. The van der Waals surface area contributed by atoms with Crippen molar-refractivity contribution in [2.45, 2.75) is 19.5 Å². The summed E-state index contributed by atoms with van der Waals surface area (Å²) in [7, 11) is 1.53. The van der Waals surface area contributed by atoms with E-state index in [2.05, 4.69) is 28.9 Å². The number of amides is 1. The Kier molecular flexibility index (Phi) is 5.83. The molecular weight excluding hydrogens is 326 g/mol. The van der Waals surface area contributed by atoms with Gasteiger partial charge in [0, 0.05) is 41.1 Å². The maximum absolute atomic E-state index is 12.0. The quantitative estimate of drug-likeness (QED) is 0.745. The molecular formula is C18H22ClN3O2. The summed E-state index contributed by atoms with van der Waals surface area (Å²) < 4.78 is 7.19. The van der Waals surface area contributed by atoms with E-state index in [9.17, 15) is 4.79 Å². The summed E-state index contributed by atoms with van der Waals surface area (Å²) >= 11 is 0. The number of ether oxygens (including phenoxy) is 1. The Balaban J connectivity index is 0.00000208. The molecule has 0 saturated heterocycles. The van der Waals surface area contributed by atoms with Gasteiger partial charge in [-0.1, -0.05) is 18.2 Å². The lowest BCUT2D eigenvalue weighted by Gasteiger charge is -2.11. The summed E-state index contributed by atoms with van der Waals surface area (Å²) in [6.07, 6.45) is 0. The van der Waals surface area contributed by atoms with Crippen molar-refractivity contribution >= 4 is 45.8 Å². The number of fused-ring (bicyclic) bond motifs is 3. The normalized spacial score (nSPS) is 12.1. The summed E-state index contributed by atoms with van der Waals surface area (Å²) in [5.74, 6) is -0.245. The number of methoxy groups -OCH3 is 1. The number of hydrogen-bond donors (Lipinski definition) is 2. The first kappa shape index (κ1) is 18.3. The van der Waals surface area contributed by atoms with E-state index in [1.807, 2.05) is 30.3 Å². The highest BCUT2D eigenvalue weighted by atomic mass is 35.5. The average molecular weight is 348 g/mol. The van der Waals surface area contributed by atoms with Gasteiger partial charge in [-0.3, -0.25) is 4.79 Å². The molecule has 0 saturated carbocycles. The molecule has 1 amide bonds. The highest BCUT2D eigenvalue weighted by Gasteiger charge is 2.14. The number of carbonyl (C=O) groups excluding carboxylic acids is 1. The minimum absolute atomic E-state index is 0. The first-order chi connectivity index (χ1) is 11.2. The smallest absolute Gasteiger partial charge is 0.243 e. The van der Waals surface area contributed by atoms with Gasteiger partial charge in [-0.15, -0.1) is 12.4 Å². The van der Waals surface area contributed by atoms with Crippen LogP contribution < -0.4 is 11.1 Å². The number of para-hydroxylation sites is 1. The molecule has 0 bridgehead atoms. The summed E-state index contributed by atoms with van der Waals surface area (Å²) in [5, 5.41) is 5.17. The lowest BCUT2D eigenvalue weighted by atomic mass is 10.1. The van der Waals surface area contributed by atoms with Crippen molar-refractivity contribution in [1.82, 2.24) is 4.57 Å². The maximum Gasteiger partial charge on any atom is 0.243 e. The van der Waals surface area contributed by atoms with E-state index in [0.717, 1.165) is 23.1 Å². The molecule has 0 aliphatic heterocycles. The van der Waals surface area contributed by atoms with Crippen LogP contribution in [0.5, 0.6) is 0 Å². The van der Waals surface area contributed by atoms with Gasteiger partial charge in [-0.05, 0) is 31.2 Å². The topological polar surface area (TPSA) is 69.3 Å². The van der Waals surface area contributed by atoms with Crippen molar-refractivity contribution in [3.05, 3.63) is 42.5 Å². The summed E-state index contributed by atoms with van der Waals surface area (Å²) in [4.78, 5) is 12.0. The Hall–Kier alpha value is -2.08. The van der Waals surface area contributed by atoms with Crippen LogP contribution in [0.2, 0.25) is 0 Å². The zero-order valence-corrected chi connectivity index (χ0v) is 14.6. The second-order valence-corrected chi connectivity index (χ2v) is 5.54. The molecule has 5 nitrogen and oxygen atoms in total. The van der Waals surface area contributed by atoms with Crippen LogP contribution >= 0.6 is 12.4 Å². The SMILES string of the molecule is CCn1c2ccccc2c2cc(NC(=O)C(N)COC)ccc21.Cl. The minimum Gasteiger partial charge on any atom is -0.383 e. The number of rotatable bonds is 5. The third-order valence-corrected chi connectivity index (χ3v) is 4.04. The molecule has 6 heteroatoms. The van der Waals surface area contributed by atoms with Crippen molar-refractivity contribution < 1.29 is 9.53 Å². The van der Waals surface area contributed by atoms with Crippen LogP contribution in [0.1, 0.15) is 6.92 Å². The van der Waals surface area contributed by atoms with Crippen molar-refractivity contribution in [3.63, 3.8) is 0 Å². The molecule has 24 heavy (non-hydrogen) atoms. The number of aromatic nitrogens is 1. The number of carbonyl (C=O) groups is 1. The van der Waals surface area contributed by atoms with E-state index in [4.69, 9.17) is 10.5 Å². The van der Waals surface area contributed by atoms with Crippen molar-refractivity contribution in [3.8, 4) is 0 Å². The number of benzene rings is 2. The Labute approximate surface area is 147 Å². The molecule has 1 aromatic heterocycles. The van der Waals surface area contributed by atoms with Gasteiger partial charge in [0.05, 0.1) is 6.61 Å². The third kappa shape index (κ3) is 3.24. The molecule has 0 aliphatic carbocycles. The summed E-state index contributed by atoms with van der Waals surface area (Å²) in [5.41, 5.74) is 8.87. The molecule has 3 aromatic rings. The van der Waals surface area contributed by atoms with E-state index in [1.54, 1.807) is 0 Å². The molecule has 1 atom stereocenters. The van der Waals surface area contributed by atoms with E-state index in [-0.39, 0.29) is 24.9 Å². The Morgan fingerprint density at radius 2 is 1.92 bits per heavy atom. The van der Waals surface area contributed by atoms with Crippen LogP contribution in [0.4, 0.5) is 5.69 Å². The molecule has 0 fully saturated rings. The number of hydrogen-bond acceptors (Lipinski definition) is 3. The van der Waals surface area contributed by atoms with E-state index < -0.39 is 6.04 Å². The molecule has 0 aliphatic rings. The highest BCUT2D eigenvalue weighted by Crippen LogP contribution is 2.30. The van der Waals surface area contributed by atoms with Gasteiger partial charge in [-0.25, -0.2) is 0 Å². The molecule has 0 spiro atoms. The minimum atomic E-state index is -0.673. The number of nitrogens with two attached hydrogens (primary N) is 1. The van der Waals surface area contributed by atoms with Gasteiger partial charge < -0.3 is 20.4 Å². The Morgan fingerprint density at radius 1 is 1.21 bits per heavy atom. The van der Waals surface area contributed by atoms with E-state index >= 15 is 0 Å². The number of nitrogens with zero attached hydrogens (tertiary/aromatic N) is 1. The first-order valence-corrected chi connectivity index (χ1v) is 7.72. The molecule has 2 aromatic carbocycles. The summed E-state index contributed by atoms with van der Waals surface area (Å²) in [6.45, 7) is 3.23. The van der Waals surface area contributed by atoms with Crippen molar-refractivity contribution in [1.29, 1.82) is 0 Å². The molecule has 1 heterocycles. The predicted octanol–water partition coefficient (Wildman–Crippen LogP) is 3.15. The molecule has 3 rings (SSSR count). The van der Waals surface area contributed by atoms with Crippen LogP contribution in [0, 0.1) is 0 Å². The Bertz CT molecular complexity index is 860. The number of anilines is 1. The number of nitrogens with one attached hydrogen (secondary N) is 1. The molecule has 128 valence electrons. The van der Waals surface area contributed by atoms with E-state index in [0.29, 0.717) is 0 Å². The van der Waals surface area contributed by atoms with Crippen molar-refractivity contribution in [2.24, 2.45) is 5.73 Å². The van der Waals surface area contributed by atoms with Gasteiger partial charge >= 0.3 is 0 Å². The zero-order valence-electron chi connectivity index (χ0n) is 13.8. The third-order valence-electron chi connectivity index (χ3n) is 4.04. The monoisotopic (exact) mass is 347 g/mol. The number of aryl methyl sites for hydroxylation is 1. The first-order valence-electron chi connectivity index (χ1n) is 7.72. The van der Waals surface area contributed by atoms with Crippen molar-refractivity contribution in [2.75, 3.05) is 19.0 Å². The van der Waals surface area contributed by atoms with E-state index in [1.165, 1.54) is 18.0 Å². The van der Waals surface area contributed by atoms with Gasteiger partial charge in [0.25, 0.3) is 0 Å². The van der Waals surface area contributed by atoms with Crippen LogP contribution in [0.3, 0.4) is 0 Å². The summed E-state index contributed by atoms with van der Waals surface area (Å²) in [6, 6.07) is 13.6. The van der Waals surface area contributed by atoms with Gasteiger partial charge in [0.2, 0.25) is 5.91 Å². The number of halogens is 1. The van der Waals surface area contributed by atoms with Crippen LogP contribution in [0.15, 0.2) is 42.5 Å². The lowest BCUT2D eigenvalue weighted by molar-refractivity contribution is -0.118.